The van der Waals surface area contributed by atoms with Crippen LogP contribution in [0.15, 0.2) is 70.6 Å². The second-order valence-corrected chi connectivity index (χ2v) is 23.5. The van der Waals surface area contributed by atoms with Gasteiger partial charge in [0.1, 0.15) is 22.5 Å². The highest BCUT2D eigenvalue weighted by Gasteiger charge is 2.43. The molecule has 0 aromatic heterocycles. The number of para-hydroxylation sites is 1. The third-order valence-electron chi connectivity index (χ3n) is 13.9. The molecule has 1 saturated heterocycles. The van der Waals surface area contributed by atoms with Crippen molar-refractivity contribution in [3.63, 3.8) is 0 Å². The Bertz CT molecular complexity index is 2540. The number of anilines is 3. The zero-order valence-electron chi connectivity index (χ0n) is 43.7. The number of ether oxygens (including phenoxy) is 1. The van der Waals surface area contributed by atoms with Gasteiger partial charge in [0.25, 0.3) is 11.8 Å². The van der Waals surface area contributed by atoms with Gasteiger partial charge in [0.15, 0.2) is 6.10 Å². The Labute approximate surface area is 468 Å². The van der Waals surface area contributed by atoms with Crippen LogP contribution in [-0.4, -0.2) is 34.9 Å². The molecule has 9 nitrogen and oxygen atoms in total. The number of nitrogens with one attached hydrogen (secondary N) is 3. The van der Waals surface area contributed by atoms with Gasteiger partial charge >= 0.3 is 0 Å². The zero-order valence-corrected chi connectivity index (χ0v) is 49.0. The zero-order chi connectivity index (χ0) is 53.5. The molecular weight excluding hydrogens is 1060 g/mol. The van der Waals surface area contributed by atoms with Gasteiger partial charge in [0, 0.05) is 22.6 Å². The number of carbonyl (C=O) groups is 3. The second kappa shape index (κ2) is 28.7. The van der Waals surface area contributed by atoms with Crippen molar-refractivity contribution in [2.75, 3.05) is 15.6 Å². The van der Waals surface area contributed by atoms with E-state index in [2.05, 4.69) is 76.7 Å². The summed E-state index contributed by atoms with van der Waals surface area (Å²) >= 11 is 40.7. The molecule has 1 fully saturated rings. The maximum Gasteiger partial charge on any atom is 0.267 e. The number of carbonyl (C=O) groups excluding carboxylic acids is 3. The number of unbranched alkanes of at least 4 members (excludes halogenated alkanes) is 12. The Kier molecular flexibility index (Phi) is 23.8. The van der Waals surface area contributed by atoms with E-state index in [1.807, 2.05) is 13.0 Å². The number of rotatable bonds is 28. The van der Waals surface area contributed by atoms with E-state index < -0.39 is 17.3 Å². The van der Waals surface area contributed by atoms with Crippen molar-refractivity contribution < 1.29 is 19.1 Å². The third-order valence-corrected chi connectivity index (χ3v) is 17.7. The van der Waals surface area contributed by atoms with Crippen molar-refractivity contribution in [1.82, 2.24) is 5.43 Å². The van der Waals surface area contributed by atoms with Crippen LogP contribution < -0.4 is 25.8 Å². The Morgan fingerprint density at radius 3 is 1.88 bits per heavy atom. The van der Waals surface area contributed by atoms with E-state index in [-0.39, 0.29) is 70.0 Å². The van der Waals surface area contributed by atoms with Crippen molar-refractivity contribution in [2.24, 2.45) is 4.99 Å². The van der Waals surface area contributed by atoms with E-state index in [4.69, 9.17) is 79.3 Å². The van der Waals surface area contributed by atoms with E-state index in [0.29, 0.717) is 34.9 Å². The second-order valence-electron chi connectivity index (χ2n) is 20.1. The molecule has 3 N–H and O–H groups in total. The summed E-state index contributed by atoms with van der Waals surface area (Å²) in [6.07, 6.45) is 17.6. The number of benzene rings is 4. The average molecular weight is 1140 g/mol. The molecule has 2 unspecified atom stereocenters. The van der Waals surface area contributed by atoms with Gasteiger partial charge in [-0.3, -0.25) is 19.8 Å². The minimum absolute atomic E-state index is 0.0368. The molecule has 4 aromatic carbocycles. The Hall–Kier alpha value is -3.35. The largest absolute Gasteiger partial charge is 0.480 e. The van der Waals surface area contributed by atoms with Crippen molar-refractivity contribution in [2.45, 2.75) is 192 Å². The number of hydrogen-bond donors (Lipinski definition) is 3. The monoisotopic (exact) mass is 1130 g/mol. The molecule has 16 heteroatoms. The lowest BCUT2D eigenvalue weighted by Gasteiger charge is -2.31. The molecule has 0 saturated carbocycles. The van der Waals surface area contributed by atoms with Gasteiger partial charge in [-0.2, -0.15) is 0 Å². The van der Waals surface area contributed by atoms with Gasteiger partial charge in [-0.1, -0.05) is 226 Å². The summed E-state index contributed by atoms with van der Waals surface area (Å²) in [6, 6.07) is 18.4. The molecule has 3 amide bonds. The van der Waals surface area contributed by atoms with E-state index in [0.717, 1.165) is 54.4 Å². The van der Waals surface area contributed by atoms with Gasteiger partial charge in [-0.25, -0.2) is 10.0 Å². The van der Waals surface area contributed by atoms with Crippen molar-refractivity contribution in [3.05, 3.63) is 102 Å². The predicted octanol–water partition coefficient (Wildman–Crippen LogP) is 18.9. The third kappa shape index (κ3) is 16.3. The highest BCUT2D eigenvalue weighted by Crippen LogP contribution is 2.50. The van der Waals surface area contributed by atoms with Crippen molar-refractivity contribution in [3.8, 4) is 5.75 Å². The van der Waals surface area contributed by atoms with Crippen LogP contribution in [0, 0.1) is 0 Å². The van der Waals surface area contributed by atoms with Crippen LogP contribution in [-0.2, 0) is 25.2 Å². The lowest BCUT2D eigenvalue weighted by Crippen LogP contribution is -2.36. The highest BCUT2D eigenvalue weighted by molar-refractivity contribution is 8.01. The number of amidine groups is 1. The molecule has 0 bridgehead atoms. The molecule has 0 radical (unpaired) electrons. The number of halogens is 6. The molecule has 2 atom stereocenters. The first kappa shape index (κ1) is 60.5. The Morgan fingerprint density at radius 1 is 0.712 bits per heavy atom. The standard InChI is InChI=1S/C57H73Cl6N5O4S/c1-9-13-14-15-16-17-18-19-20-21-22-23-24-29-45(69)64-37-31-32-39(58)41(35-37)65-53-52(55(71)68(67-53)51-49(62)47(60)46(59)48(61)50(51)63)73-44-28-26-25-27-40(44)66-54(70)42(10-2)72-43-33-30-36(56(5,6)11-3)34-38(43)57(7,8)12-4/h25-28,30-35,42,52H,9-24,29H2,1-8H3,(H,64,69)(H,65,67)(H,66,70). The van der Waals surface area contributed by atoms with Crippen LogP contribution in [0.3, 0.4) is 0 Å². The highest BCUT2D eigenvalue weighted by atomic mass is 35.5. The van der Waals surface area contributed by atoms with E-state index in [1.165, 1.54) is 69.8 Å². The first-order valence-electron chi connectivity index (χ1n) is 26.0. The number of hydrazine groups is 1. The average Bonchev–Trinajstić information content (AvgIpc) is 3.66. The van der Waals surface area contributed by atoms with E-state index >= 15 is 0 Å². The van der Waals surface area contributed by atoms with Crippen molar-refractivity contribution in [1.29, 1.82) is 0 Å². The van der Waals surface area contributed by atoms with E-state index in [1.54, 1.807) is 42.5 Å². The summed E-state index contributed by atoms with van der Waals surface area (Å²) in [5.74, 6) is -0.223. The maximum absolute atomic E-state index is 14.7. The van der Waals surface area contributed by atoms with Crippen LogP contribution >= 0.6 is 81.4 Å². The van der Waals surface area contributed by atoms with Crippen LogP contribution in [0.25, 0.3) is 0 Å². The molecule has 1 heterocycles. The summed E-state index contributed by atoms with van der Waals surface area (Å²) in [5.41, 5.74) is 6.24. The SMILES string of the molecule is CCCCCCCCCCCCCCCC(=O)Nc1ccc(Cl)c(N=C2NN(c3c(Cl)c(Cl)c(Cl)c(Cl)c3Cl)C(=O)C2Sc2ccccc2NC(=O)C(CC)Oc2ccc(C(C)(C)CC)cc2C(C)(C)CC)c1. The molecule has 4 aromatic rings. The first-order chi connectivity index (χ1) is 34.8. The minimum Gasteiger partial charge on any atom is -0.480 e. The summed E-state index contributed by atoms with van der Waals surface area (Å²) < 4.78 is 6.60. The summed E-state index contributed by atoms with van der Waals surface area (Å²) in [7, 11) is 0. The van der Waals surface area contributed by atoms with Crippen molar-refractivity contribution >= 4 is 128 Å². The maximum atomic E-state index is 14.7. The van der Waals surface area contributed by atoms with Crippen LogP contribution in [0.1, 0.15) is 176 Å². The first-order valence-corrected chi connectivity index (χ1v) is 29.1. The smallest absolute Gasteiger partial charge is 0.267 e. The van der Waals surface area contributed by atoms with Gasteiger partial charge < -0.3 is 15.4 Å². The van der Waals surface area contributed by atoms with Gasteiger partial charge in [0.2, 0.25) is 5.91 Å². The predicted molar refractivity (Wildman–Crippen MR) is 312 cm³/mol. The Balaban J connectivity index is 1.36. The molecule has 5 rings (SSSR count). The topological polar surface area (TPSA) is 112 Å². The number of hydrogen-bond acceptors (Lipinski definition) is 6. The summed E-state index contributed by atoms with van der Waals surface area (Å²) in [4.78, 5) is 47.6. The quantitative estimate of drug-likeness (QED) is 0.0297. The van der Waals surface area contributed by atoms with Gasteiger partial charge in [0.05, 0.1) is 41.5 Å². The fourth-order valence-electron chi connectivity index (χ4n) is 8.41. The van der Waals surface area contributed by atoms with Gasteiger partial charge in [-0.15, -0.1) is 11.8 Å². The van der Waals surface area contributed by atoms with E-state index in [9.17, 15) is 14.4 Å². The molecule has 1 aliphatic heterocycles. The number of nitrogens with zero attached hydrogens (tertiary/aromatic N) is 2. The molecule has 398 valence electrons. The van der Waals surface area contributed by atoms with Crippen LogP contribution in [0.2, 0.25) is 30.1 Å². The normalized spacial score (nSPS) is 14.9. The molecule has 73 heavy (non-hydrogen) atoms. The summed E-state index contributed by atoms with van der Waals surface area (Å²) in [5, 5.41) is 5.85. The number of amides is 3. The Morgan fingerprint density at radius 2 is 1.29 bits per heavy atom. The lowest BCUT2D eigenvalue weighted by molar-refractivity contribution is -0.123. The summed E-state index contributed by atoms with van der Waals surface area (Å²) in [6.45, 7) is 17.3. The van der Waals surface area contributed by atoms with Gasteiger partial charge in [-0.05, 0) is 78.5 Å². The lowest BCUT2D eigenvalue weighted by atomic mass is 9.76. The number of thioether (sulfide) groups is 1. The molecular formula is C57H73Cl6N5O4S. The van der Waals surface area contributed by atoms with Crippen LogP contribution in [0.4, 0.5) is 22.7 Å². The fraction of sp³-hybridized carbons (Fsp3) is 0.509. The number of aliphatic imine (C=N–C) groups is 1. The molecule has 0 aliphatic carbocycles. The minimum atomic E-state index is -1.09. The molecule has 1 aliphatic rings. The molecule has 0 spiro atoms. The van der Waals surface area contributed by atoms with Crippen LogP contribution in [0.5, 0.6) is 5.75 Å². The fourth-order valence-corrected chi connectivity index (χ4v) is 10.9.